The zero-order chi connectivity index (χ0) is 18.7. The standard InChI is InChI=1S/C20H19N3O2S/c1-12-7-8-14-10-15(13(2)22-17(14)9-12)20(25)23-16-5-3-4-6-18(16)26-11-19(21)24/h3-10H,11H2,1-2H3,(H2,21,24)(H,23,25). The van der Waals surface area contributed by atoms with Crippen molar-refractivity contribution in [1.82, 2.24) is 4.98 Å². The molecule has 0 fully saturated rings. The van der Waals surface area contributed by atoms with Gasteiger partial charge in [-0.1, -0.05) is 24.3 Å². The molecule has 0 saturated carbocycles. The normalized spacial score (nSPS) is 10.7. The summed E-state index contributed by atoms with van der Waals surface area (Å²) in [6.07, 6.45) is 0. The van der Waals surface area contributed by atoms with Crippen molar-refractivity contribution in [1.29, 1.82) is 0 Å². The lowest BCUT2D eigenvalue weighted by Crippen LogP contribution is -2.16. The number of carbonyl (C=O) groups excluding carboxylic acids is 2. The van der Waals surface area contributed by atoms with Crippen LogP contribution in [0.2, 0.25) is 0 Å². The number of nitrogens with one attached hydrogen (secondary N) is 1. The number of para-hydroxylation sites is 1. The molecule has 3 rings (SSSR count). The van der Waals surface area contributed by atoms with Gasteiger partial charge in [0.1, 0.15) is 0 Å². The lowest BCUT2D eigenvalue weighted by atomic mass is 10.1. The number of aromatic nitrogens is 1. The van der Waals surface area contributed by atoms with E-state index in [-0.39, 0.29) is 11.7 Å². The number of carbonyl (C=O) groups is 2. The third-order valence-corrected chi connectivity index (χ3v) is 5.01. The number of rotatable bonds is 5. The second-order valence-electron chi connectivity index (χ2n) is 6.02. The van der Waals surface area contributed by atoms with E-state index in [9.17, 15) is 9.59 Å². The molecule has 132 valence electrons. The zero-order valence-corrected chi connectivity index (χ0v) is 15.4. The van der Waals surface area contributed by atoms with E-state index in [0.717, 1.165) is 21.4 Å². The number of nitrogens with two attached hydrogens (primary N) is 1. The summed E-state index contributed by atoms with van der Waals surface area (Å²) in [6, 6.07) is 15.1. The van der Waals surface area contributed by atoms with Gasteiger partial charge in [-0.15, -0.1) is 11.8 Å². The van der Waals surface area contributed by atoms with Crippen LogP contribution >= 0.6 is 11.8 Å². The maximum absolute atomic E-state index is 12.8. The fraction of sp³-hybridized carbons (Fsp3) is 0.150. The second kappa shape index (κ2) is 7.58. The van der Waals surface area contributed by atoms with Gasteiger partial charge >= 0.3 is 0 Å². The molecule has 1 heterocycles. The molecular formula is C20H19N3O2S. The molecule has 0 aliphatic rings. The second-order valence-corrected chi connectivity index (χ2v) is 7.04. The average molecular weight is 365 g/mol. The molecule has 0 unspecified atom stereocenters. The molecule has 0 aliphatic carbocycles. The molecule has 6 heteroatoms. The summed E-state index contributed by atoms with van der Waals surface area (Å²) in [5.74, 6) is -0.478. The number of amides is 2. The Morgan fingerprint density at radius 1 is 1.12 bits per heavy atom. The predicted octanol–water partition coefficient (Wildman–Crippen LogP) is 3.68. The highest BCUT2D eigenvalue weighted by molar-refractivity contribution is 8.00. The first-order chi connectivity index (χ1) is 12.4. The van der Waals surface area contributed by atoms with E-state index in [0.29, 0.717) is 16.9 Å². The van der Waals surface area contributed by atoms with E-state index in [4.69, 9.17) is 5.73 Å². The smallest absolute Gasteiger partial charge is 0.257 e. The van der Waals surface area contributed by atoms with E-state index >= 15 is 0 Å². The van der Waals surface area contributed by atoms with Crippen LogP contribution in [0.1, 0.15) is 21.6 Å². The molecule has 2 aromatic carbocycles. The van der Waals surface area contributed by atoms with Crippen LogP contribution in [0, 0.1) is 13.8 Å². The van der Waals surface area contributed by atoms with Crippen molar-refractivity contribution in [2.24, 2.45) is 5.73 Å². The molecule has 5 nitrogen and oxygen atoms in total. The molecule has 2 amide bonds. The molecule has 0 radical (unpaired) electrons. The number of benzene rings is 2. The molecule has 26 heavy (non-hydrogen) atoms. The summed E-state index contributed by atoms with van der Waals surface area (Å²) in [7, 11) is 0. The summed E-state index contributed by atoms with van der Waals surface area (Å²) >= 11 is 1.30. The molecule has 3 N–H and O–H groups in total. The number of thioether (sulfide) groups is 1. The first-order valence-corrected chi connectivity index (χ1v) is 9.12. The van der Waals surface area contributed by atoms with Gasteiger partial charge < -0.3 is 11.1 Å². The minimum atomic E-state index is -0.402. The van der Waals surface area contributed by atoms with E-state index in [1.807, 2.05) is 56.3 Å². The molecule has 0 spiro atoms. The molecule has 0 bridgehead atoms. The van der Waals surface area contributed by atoms with Crippen LogP contribution in [-0.2, 0) is 4.79 Å². The number of fused-ring (bicyclic) bond motifs is 1. The van der Waals surface area contributed by atoms with Gasteiger partial charge in [0.05, 0.1) is 28.2 Å². The molecular weight excluding hydrogens is 346 g/mol. The Hall–Kier alpha value is -2.86. The number of hydrogen-bond acceptors (Lipinski definition) is 4. The minimum absolute atomic E-state index is 0.156. The highest BCUT2D eigenvalue weighted by Crippen LogP contribution is 2.27. The highest BCUT2D eigenvalue weighted by atomic mass is 32.2. The summed E-state index contributed by atoms with van der Waals surface area (Å²) in [5.41, 5.74) is 9.05. The van der Waals surface area contributed by atoms with Crippen LogP contribution in [0.15, 0.2) is 53.4 Å². The minimum Gasteiger partial charge on any atom is -0.369 e. The molecule has 3 aromatic rings. The lowest BCUT2D eigenvalue weighted by Gasteiger charge is -2.12. The monoisotopic (exact) mass is 365 g/mol. The largest absolute Gasteiger partial charge is 0.369 e. The Labute approximate surface area is 156 Å². The van der Waals surface area contributed by atoms with Gasteiger partial charge in [0.2, 0.25) is 5.91 Å². The number of nitrogens with zero attached hydrogens (tertiary/aromatic N) is 1. The number of aryl methyl sites for hydroxylation is 2. The van der Waals surface area contributed by atoms with Crippen LogP contribution in [-0.4, -0.2) is 22.6 Å². The lowest BCUT2D eigenvalue weighted by molar-refractivity contribution is -0.115. The Morgan fingerprint density at radius 2 is 1.88 bits per heavy atom. The van der Waals surface area contributed by atoms with Crippen molar-refractivity contribution in [3.63, 3.8) is 0 Å². The van der Waals surface area contributed by atoms with Gasteiger partial charge in [-0.2, -0.15) is 0 Å². The maximum Gasteiger partial charge on any atom is 0.257 e. The zero-order valence-electron chi connectivity index (χ0n) is 14.6. The number of pyridine rings is 1. The van der Waals surface area contributed by atoms with Gasteiger partial charge in [0.25, 0.3) is 5.91 Å². The van der Waals surface area contributed by atoms with Gasteiger partial charge in [-0.05, 0) is 43.7 Å². The summed E-state index contributed by atoms with van der Waals surface area (Å²) in [4.78, 5) is 29.2. The van der Waals surface area contributed by atoms with E-state index in [1.165, 1.54) is 11.8 Å². The van der Waals surface area contributed by atoms with Gasteiger partial charge in [-0.25, -0.2) is 0 Å². The van der Waals surface area contributed by atoms with Gasteiger partial charge in [-0.3, -0.25) is 14.6 Å². The van der Waals surface area contributed by atoms with E-state index < -0.39 is 5.91 Å². The Kier molecular flexibility index (Phi) is 5.23. The summed E-state index contributed by atoms with van der Waals surface area (Å²) in [5, 5.41) is 3.83. The average Bonchev–Trinajstić information content (AvgIpc) is 2.60. The highest BCUT2D eigenvalue weighted by Gasteiger charge is 2.14. The SMILES string of the molecule is Cc1ccc2cc(C(=O)Nc3ccccc3SCC(N)=O)c(C)nc2c1. The van der Waals surface area contributed by atoms with E-state index in [2.05, 4.69) is 10.3 Å². The number of hydrogen-bond donors (Lipinski definition) is 2. The third kappa shape index (κ3) is 4.03. The van der Waals surface area contributed by atoms with Crippen LogP contribution in [0.25, 0.3) is 10.9 Å². The molecule has 0 aliphatic heterocycles. The molecule has 0 atom stereocenters. The predicted molar refractivity (Wildman–Crippen MR) is 106 cm³/mol. The first-order valence-electron chi connectivity index (χ1n) is 8.13. The van der Waals surface area contributed by atoms with Crippen molar-refractivity contribution >= 4 is 40.2 Å². The van der Waals surface area contributed by atoms with Gasteiger partial charge in [0, 0.05) is 10.3 Å². The summed E-state index contributed by atoms with van der Waals surface area (Å²) < 4.78 is 0. The van der Waals surface area contributed by atoms with Crippen molar-refractivity contribution in [2.45, 2.75) is 18.7 Å². The molecule has 1 aromatic heterocycles. The molecule has 0 saturated heterocycles. The van der Waals surface area contributed by atoms with Crippen LogP contribution < -0.4 is 11.1 Å². The van der Waals surface area contributed by atoms with Crippen molar-refractivity contribution in [3.05, 3.63) is 65.4 Å². The van der Waals surface area contributed by atoms with E-state index in [1.54, 1.807) is 6.07 Å². The fourth-order valence-corrected chi connectivity index (χ4v) is 3.38. The third-order valence-electron chi connectivity index (χ3n) is 3.91. The van der Waals surface area contributed by atoms with Crippen molar-refractivity contribution in [2.75, 3.05) is 11.1 Å². The van der Waals surface area contributed by atoms with Gasteiger partial charge in [0.15, 0.2) is 0 Å². The topological polar surface area (TPSA) is 85.1 Å². The van der Waals surface area contributed by atoms with Crippen molar-refractivity contribution < 1.29 is 9.59 Å². The summed E-state index contributed by atoms with van der Waals surface area (Å²) in [6.45, 7) is 3.84. The van der Waals surface area contributed by atoms with Crippen molar-refractivity contribution in [3.8, 4) is 0 Å². The Balaban J connectivity index is 1.89. The Morgan fingerprint density at radius 3 is 2.65 bits per heavy atom. The van der Waals surface area contributed by atoms with Crippen LogP contribution in [0.5, 0.6) is 0 Å². The van der Waals surface area contributed by atoms with Crippen LogP contribution in [0.4, 0.5) is 5.69 Å². The number of anilines is 1. The number of primary amides is 1. The fourth-order valence-electron chi connectivity index (χ4n) is 2.64. The maximum atomic E-state index is 12.8. The quantitative estimate of drug-likeness (QED) is 0.676. The first kappa shape index (κ1) is 17.9. The Bertz CT molecular complexity index is 1000. The van der Waals surface area contributed by atoms with Crippen LogP contribution in [0.3, 0.4) is 0 Å².